The number of ether oxygens (including phenoxy) is 1. The molecule has 3 aliphatic rings. The van der Waals surface area contributed by atoms with E-state index in [1.165, 1.54) is 15.3 Å². The Hall–Kier alpha value is -5.22. The van der Waals surface area contributed by atoms with Gasteiger partial charge in [-0.2, -0.15) is 0 Å². The Morgan fingerprint density at radius 2 is 1.78 bits per heavy atom. The maximum atomic E-state index is 14.2. The van der Waals surface area contributed by atoms with Crippen LogP contribution in [0.2, 0.25) is 0 Å². The number of rotatable bonds is 13. The van der Waals surface area contributed by atoms with Gasteiger partial charge in [0.25, 0.3) is 5.88 Å². The van der Waals surface area contributed by atoms with Crippen LogP contribution < -0.4 is 10.1 Å². The van der Waals surface area contributed by atoms with Crippen molar-refractivity contribution in [3.8, 4) is 33.3 Å². The molecule has 2 aliphatic heterocycles. The summed E-state index contributed by atoms with van der Waals surface area (Å²) >= 11 is 3.28. The Labute approximate surface area is 356 Å². The van der Waals surface area contributed by atoms with Crippen LogP contribution in [0.15, 0.2) is 70.7 Å². The van der Waals surface area contributed by atoms with Crippen LogP contribution in [0.3, 0.4) is 0 Å². The van der Waals surface area contributed by atoms with Crippen LogP contribution in [0.25, 0.3) is 31.9 Å². The highest BCUT2D eigenvalue weighted by atomic mass is 32.1. The average Bonchev–Trinajstić information content (AvgIpc) is 3.90. The van der Waals surface area contributed by atoms with Gasteiger partial charge in [-0.1, -0.05) is 50.2 Å². The zero-order valence-electron chi connectivity index (χ0n) is 34.2. The number of aromatic nitrogens is 4. The summed E-state index contributed by atoms with van der Waals surface area (Å²) in [5.74, 6) is 0.990. The number of carbonyl (C=O) groups excluding carboxylic acids is 2. The van der Waals surface area contributed by atoms with E-state index in [-0.39, 0.29) is 42.5 Å². The average molecular weight is 848 g/mol. The first-order valence-electron chi connectivity index (χ1n) is 20.6. The molecule has 312 valence electrons. The lowest BCUT2D eigenvalue weighted by atomic mass is 9.91. The molecule has 0 spiro atoms. The lowest BCUT2D eigenvalue weighted by Crippen LogP contribution is -2.48. The van der Waals surface area contributed by atoms with Gasteiger partial charge in [-0.05, 0) is 84.5 Å². The van der Waals surface area contributed by atoms with Gasteiger partial charge in [-0.15, -0.1) is 32.9 Å². The van der Waals surface area contributed by atoms with Crippen molar-refractivity contribution >= 4 is 44.7 Å². The standard InChI is InChI=1S/C45H49N7O6S2/c1-23(2)39(45(56)52-19-29(53)16-35(52)43(55)47-24(3)27-10-12-28(13-11-27)42-25(4)46-22-59-42)37-18-38(50-58-37)57-15-14-51-20-32-33(21-51)41(32)40-26(5)60-44-31(40)17-34(48-49-44)30-8-6-7-9-36(30)54/h6-13,17-18,22-24,29,32-33,35,39,41,53-54H,14-16,19-21H2,1-5H3,(H,47,55)/t24-,29+,32-,33+,35-,39+,41?/m0/s1. The molecule has 13 nitrogen and oxygen atoms in total. The third-order valence-electron chi connectivity index (χ3n) is 12.5. The lowest BCUT2D eigenvalue weighted by molar-refractivity contribution is -0.141. The van der Waals surface area contributed by atoms with Gasteiger partial charge in [0.15, 0.2) is 5.76 Å². The number of phenols is 1. The fourth-order valence-electron chi connectivity index (χ4n) is 9.38. The highest BCUT2D eigenvalue weighted by Gasteiger charge is 2.57. The highest BCUT2D eigenvalue weighted by molar-refractivity contribution is 7.18. The van der Waals surface area contributed by atoms with Crippen molar-refractivity contribution < 1.29 is 29.1 Å². The van der Waals surface area contributed by atoms with Gasteiger partial charge in [0.1, 0.15) is 29.1 Å². The third-order valence-corrected chi connectivity index (χ3v) is 14.5. The molecule has 2 aromatic carbocycles. The van der Waals surface area contributed by atoms with Gasteiger partial charge in [0.05, 0.1) is 33.9 Å². The first-order chi connectivity index (χ1) is 28.9. The molecule has 6 heterocycles. The van der Waals surface area contributed by atoms with Crippen molar-refractivity contribution in [2.24, 2.45) is 17.8 Å². The summed E-state index contributed by atoms with van der Waals surface area (Å²) in [4.78, 5) is 39.5. The van der Waals surface area contributed by atoms with Crippen LogP contribution >= 0.6 is 22.7 Å². The van der Waals surface area contributed by atoms with E-state index >= 15 is 0 Å². The number of β-amino-alcohol motifs (C(OH)–C–C–N with tert-alkyl or cyclic N) is 1. The van der Waals surface area contributed by atoms with Gasteiger partial charge in [-0.25, -0.2) is 4.98 Å². The summed E-state index contributed by atoms with van der Waals surface area (Å²) in [6.45, 7) is 13.1. The van der Waals surface area contributed by atoms with E-state index in [0.29, 0.717) is 47.3 Å². The first-order valence-corrected chi connectivity index (χ1v) is 22.3. The highest BCUT2D eigenvalue weighted by Crippen LogP contribution is 2.61. The first kappa shape index (κ1) is 40.2. The number of para-hydroxylation sites is 1. The number of hydrogen-bond donors (Lipinski definition) is 3. The Bertz CT molecular complexity index is 2520. The Balaban J connectivity index is 0.789. The molecule has 7 atom stereocenters. The minimum Gasteiger partial charge on any atom is -0.507 e. The second kappa shape index (κ2) is 16.3. The Morgan fingerprint density at radius 1 is 1.02 bits per heavy atom. The number of phenolic OH excluding ortho intramolecular Hbond substituents is 1. The number of aliphatic hydroxyl groups is 1. The summed E-state index contributed by atoms with van der Waals surface area (Å²) in [6, 6.07) is 17.9. The molecule has 9 rings (SSSR count). The van der Waals surface area contributed by atoms with Crippen molar-refractivity contribution in [2.45, 2.75) is 71.1 Å². The van der Waals surface area contributed by atoms with Crippen LogP contribution in [0.4, 0.5) is 0 Å². The second-order valence-electron chi connectivity index (χ2n) is 16.8. The molecule has 0 bridgehead atoms. The fourth-order valence-corrected chi connectivity index (χ4v) is 11.2. The van der Waals surface area contributed by atoms with Crippen molar-refractivity contribution in [3.05, 3.63) is 93.6 Å². The monoisotopic (exact) mass is 847 g/mol. The minimum absolute atomic E-state index is 0.0587. The number of hydrogen-bond acceptors (Lipinski definition) is 13. The number of carbonyl (C=O) groups is 2. The summed E-state index contributed by atoms with van der Waals surface area (Å²) < 4.78 is 11.8. The number of fused-ring (bicyclic) bond motifs is 2. The van der Waals surface area contributed by atoms with Crippen molar-refractivity contribution in [1.82, 2.24) is 35.5 Å². The molecule has 2 amide bonds. The Kier molecular flexibility index (Phi) is 10.9. The van der Waals surface area contributed by atoms with Crippen LogP contribution in [-0.4, -0.2) is 97.1 Å². The van der Waals surface area contributed by atoms with E-state index in [1.54, 1.807) is 40.9 Å². The lowest BCUT2D eigenvalue weighted by Gasteiger charge is -2.29. The number of amides is 2. The number of piperidine rings is 1. The molecule has 15 heteroatoms. The fraction of sp³-hybridized carbons (Fsp3) is 0.422. The molecule has 1 unspecified atom stereocenters. The van der Waals surface area contributed by atoms with Crippen molar-refractivity contribution in [2.75, 3.05) is 32.8 Å². The molecule has 3 N–H and O–H groups in total. The number of aromatic hydroxyl groups is 1. The maximum absolute atomic E-state index is 14.2. The zero-order chi connectivity index (χ0) is 41.8. The van der Waals surface area contributed by atoms with Gasteiger partial charge in [0, 0.05) is 54.5 Å². The van der Waals surface area contributed by atoms with Gasteiger partial charge >= 0.3 is 0 Å². The number of aliphatic hydroxyl groups excluding tert-OH is 1. The number of nitrogens with zero attached hydrogens (tertiary/aromatic N) is 6. The SMILES string of the molecule is Cc1ncsc1-c1ccc([C@H](C)NC(=O)[C@@H]2C[C@@H](O)CN2C(=O)[C@@H](c2cc(OCCN3C[C@@H]4C(c5c(C)sc6nnc(-c7ccccc7O)cc56)[C@@H]4C3)no2)C(C)C)cc1. The normalized spacial score (nSPS) is 22.3. The van der Waals surface area contributed by atoms with Crippen molar-refractivity contribution in [3.63, 3.8) is 0 Å². The zero-order valence-corrected chi connectivity index (χ0v) is 35.9. The molecule has 0 radical (unpaired) electrons. The van der Waals surface area contributed by atoms with E-state index in [0.717, 1.165) is 51.5 Å². The van der Waals surface area contributed by atoms with Crippen LogP contribution in [0.5, 0.6) is 11.6 Å². The number of nitrogens with one attached hydrogen (secondary N) is 1. The molecule has 1 aliphatic carbocycles. The van der Waals surface area contributed by atoms with Crippen LogP contribution in [-0.2, 0) is 9.59 Å². The maximum Gasteiger partial charge on any atom is 0.254 e. The number of thiazole rings is 1. The predicted molar refractivity (Wildman–Crippen MR) is 230 cm³/mol. The van der Waals surface area contributed by atoms with E-state index in [9.17, 15) is 19.8 Å². The summed E-state index contributed by atoms with van der Waals surface area (Å²) in [5.41, 5.74) is 7.55. The third kappa shape index (κ3) is 7.68. The van der Waals surface area contributed by atoms with E-state index in [1.807, 2.05) is 69.6 Å². The van der Waals surface area contributed by atoms with Gasteiger partial charge < -0.3 is 29.7 Å². The predicted octanol–water partition coefficient (Wildman–Crippen LogP) is 7.10. The molecule has 4 aromatic heterocycles. The molecule has 1 saturated carbocycles. The Morgan fingerprint density at radius 3 is 2.50 bits per heavy atom. The van der Waals surface area contributed by atoms with E-state index in [2.05, 4.69) is 43.5 Å². The van der Waals surface area contributed by atoms with Crippen LogP contribution in [0.1, 0.15) is 72.5 Å². The molecule has 6 aromatic rings. The van der Waals surface area contributed by atoms with E-state index in [4.69, 9.17) is 9.26 Å². The summed E-state index contributed by atoms with van der Waals surface area (Å²) in [5, 5.41) is 38.4. The summed E-state index contributed by atoms with van der Waals surface area (Å²) in [6.07, 6.45) is -0.665. The largest absolute Gasteiger partial charge is 0.507 e. The number of likely N-dealkylation sites (tertiary alicyclic amines) is 2. The van der Waals surface area contributed by atoms with Gasteiger partial charge in [0.2, 0.25) is 11.8 Å². The molecule has 2 saturated heterocycles. The topological polar surface area (TPSA) is 167 Å². The minimum atomic E-state index is -0.822. The second-order valence-corrected chi connectivity index (χ2v) is 18.9. The van der Waals surface area contributed by atoms with Crippen molar-refractivity contribution in [1.29, 1.82) is 0 Å². The number of benzene rings is 2. The van der Waals surface area contributed by atoms with Gasteiger partial charge in [-0.3, -0.25) is 14.5 Å². The van der Waals surface area contributed by atoms with E-state index < -0.39 is 18.1 Å². The quantitative estimate of drug-likeness (QED) is 0.109. The molecular formula is C45H49N7O6S2. The molecule has 60 heavy (non-hydrogen) atoms. The van der Waals surface area contributed by atoms with Crippen LogP contribution in [0, 0.1) is 31.6 Å². The number of aryl methyl sites for hydroxylation is 2. The molecule has 3 fully saturated rings. The smallest absolute Gasteiger partial charge is 0.254 e. The summed E-state index contributed by atoms with van der Waals surface area (Å²) in [7, 11) is 0. The number of thiophene rings is 1. The molecular weight excluding hydrogens is 799 g/mol.